The number of para-hydroxylation sites is 1. The van der Waals surface area contributed by atoms with Crippen LogP contribution in [0.1, 0.15) is 38.1 Å². The first kappa shape index (κ1) is 20.2. The quantitative estimate of drug-likeness (QED) is 0.383. The fraction of sp³-hybridized carbons (Fsp3) is 0.333. The van der Waals surface area contributed by atoms with Gasteiger partial charge in [-0.2, -0.15) is 9.97 Å². The molecule has 0 atom stereocenters. The first-order valence-corrected chi connectivity index (χ1v) is 11.2. The molecule has 0 radical (unpaired) electrons. The molecule has 0 spiro atoms. The zero-order chi connectivity index (χ0) is 21.6. The molecule has 32 heavy (non-hydrogen) atoms. The molecule has 1 aromatic carbocycles. The summed E-state index contributed by atoms with van der Waals surface area (Å²) in [7, 11) is 0. The van der Waals surface area contributed by atoms with Gasteiger partial charge in [0.05, 0.1) is 12.9 Å². The minimum absolute atomic E-state index is 0.431. The van der Waals surface area contributed by atoms with Gasteiger partial charge in [-0.3, -0.25) is 0 Å². The van der Waals surface area contributed by atoms with Gasteiger partial charge in [0.2, 0.25) is 5.95 Å². The summed E-state index contributed by atoms with van der Waals surface area (Å²) < 4.78 is 8.02. The van der Waals surface area contributed by atoms with Crippen LogP contribution in [-0.4, -0.2) is 37.7 Å². The van der Waals surface area contributed by atoms with Gasteiger partial charge in [0.15, 0.2) is 17.0 Å². The van der Waals surface area contributed by atoms with E-state index in [-0.39, 0.29) is 0 Å². The first-order chi connectivity index (χ1) is 15.9. The van der Waals surface area contributed by atoms with Crippen LogP contribution in [0.3, 0.4) is 0 Å². The fourth-order valence-corrected chi connectivity index (χ4v) is 4.13. The van der Waals surface area contributed by atoms with Crippen molar-refractivity contribution < 1.29 is 4.74 Å². The van der Waals surface area contributed by atoms with E-state index in [0.29, 0.717) is 36.8 Å². The number of aromatic nitrogens is 5. The summed E-state index contributed by atoms with van der Waals surface area (Å²) in [5.41, 5.74) is 1.62. The Morgan fingerprint density at radius 3 is 2.59 bits per heavy atom. The highest BCUT2D eigenvalue weighted by molar-refractivity contribution is 5.84. The molecular weight excluding hydrogens is 402 g/mol. The standard InChI is InChI=1S/C24H27N7O/c1-3-9-18(10-4-1)31-17-27-21-22(26-15-16-32-19-11-5-2-6-12-19)29-24(30-23(21)31)28-20-13-7-8-14-25-20/h2,5-8,11-14,17-18H,1,3-4,9-10,15-16H2,(H2,25,26,28,29,30). The van der Waals surface area contributed by atoms with E-state index in [1.54, 1.807) is 6.20 Å². The van der Waals surface area contributed by atoms with E-state index >= 15 is 0 Å². The molecule has 8 heteroatoms. The van der Waals surface area contributed by atoms with E-state index in [9.17, 15) is 0 Å². The number of ether oxygens (including phenoxy) is 1. The maximum atomic E-state index is 5.81. The molecule has 1 aliphatic carbocycles. The van der Waals surface area contributed by atoms with Crippen LogP contribution in [0.4, 0.5) is 17.6 Å². The van der Waals surface area contributed by atoms with Crippen LogP contribution in [0.2, 0.25) is 0 Å². The summed E-state index contributed by atoms with van der Waals surface area (Å²) in [6.45, 7) is 1.11. The number of anilines is 3. The fourth-order valence-electron chi connectivity index (χ4n) is 4.13. The van der Waals surface area contributed by atoms with E-state index in [1.807, 2.05) is 54.9 Å². The summed E-state index contributed by atoms with van der Waals surface area (Å²) in [4.78, 5) is 18.5. The first-order valence-electron chi connectivity index (χ1n) is 11.2. The summed E-state index contributed by atoms with van der Waals surface area (Å²) in [5.74, 6) is 2.75. The van der Waals surface area contributed by atoms with Gasteiger partial charge >= 0.3 is 0 Å². The number of fused-ring (bicyclic) bond motifs is 1. The predicted molar refractivity (Wildman–Crippen MR) is 125 cm³/mol. The Kier molecular flexibility index (Phi) is 6.09. The average Bonchev–Trinajstić information content (AvgIpc) is 3.28. The molecule has 0 amide bonds. The van der Waals surface area contributed by atoms with Gasteiger partial charge in [-0.25, -0.2) is 9.97 Å². The Morgan fingerprint density at radius 1 is 0.938 bits per heavy atom. The minimum atomic E-state index is 0.431. The summed E-state index contributed by atoms with van der Waals surface area (Å²) in [6, 6.07) is 15.9. The molecule has 1 saturated carbocycles. The minimum Gasteiger partial charge on any atom is -0.492 e. The van der Waals surface area contributed by atoms with Crippen molar-refractivity contribution in [1.82, 2.24) is 24.5 Å². The van der Waals surface area contributed by atoms with Crippen molar-refractivity contribution in [2.75, 3.05) is 23.8 Å². The Bertz CT molecular complexity index is 1140. The molecule has 0 saturated heterocycles. The predicted octanol–water partition coefficient (Wildman–Crippen LogP) is 4.96. The number of imidazole rings is 1. The SMILES string of the molecule is c1ccc(OCCNc2nc(Nc3ccccn3)nc3c2ncn3C2CCCCC2)cc1. The molecular formula is C24H27N7O. The Labute approximate surface area is 187 Å². The van der Waals surface area contributed by atoms with Crippen molar-refractivity contribution in [3.8, 4) is 5.75 Å². The lowest BCUT2D eigenvalue weighted by Crippen LogP contribution is -2.15. The lowest BCUT2D eigenvalue weighted by molar-refractivity contribution is 0.333. The maximum absolute atomic E-state index is 5.81. The van der Waals surface area contributed by atoms with Crippen molar-refractivity contribution >= 4 is 28.7 Å². The van der Waals surface area contributed by atoms with Gasteiger partial charge in [0.1, 0.15) is 18.2 Å². The van der Waals surface area contributed by atoms with Gasteiger partial charge < -0.3 is 19.9 Å². The molecule has 0 bridgehead atoms. The van der Waals surface area contributed by atoms with Crippen LogP contribution in [0, 0.1) is 0 Å². The number of nitrogens with one attached hydrogen (secondary N) is 2. The van der Waals surface area contributed by atoms with Crippen LogP contribution in [-0.2, 0) is 0 Å². The third kappa shape index (κ3) is 4.64. The second-order valence-corrected chi connectivity index (χ2v) is 7.94. The van der Waals surface area contributed by atoms with Crippen LogP contribution in [0.25, 0.3) is 11.2 Å². The second kappa shape index (κ2) is 9.64. The van der Waals surface area contributed by atoms with Crippen molar-refractivity contribution in [3.05, 3.63) is 61.1 Å². The highest BCUT2D eigenvalue weighted by Crippen LogP contribution is 2.32. The Balaban J connectivity index is 1.39. The molecule has 4 aromatic rings. The highest BCUT2D eigenvalue weighted by Gasteiger charge is 2.21. The van der Waals surface area contributed by atoms with Crippen LogP contribution < -0.4 is 15.4 Å². The van der Waals surface area contributed by atoms with Gasteiger partial charge in [-0.1, -0.05) is 43.5 Å². The molecule has 5 rings (SSSR count). The number of rotatable bonds is 8. The summed E-state index contributed by atoms with van der Waals surface area (Å²) >= 11 is 0. The van der Waals surface area contributed by atoms with Crippen molar-refractivity contribution in [1.29, 1.82) is 0 Å². The number of nitrogens with zero attached hydrogens (tertiary/aromatic N) is 5. The van der Waals surface area contributed by atoms with Crippen LogP contribution in [0.5, 0.6) is 5.75 Å². The summed E-state index contributed by atoms with van der Waals surface area (Å²) in [5, 5.41) is 6.61. The number of hydrogen-bond acceptors (Lipinski definition) is 7. The molecule has 8 nitrogen and oxygen atoms in total. The molecule has 3 heterocycles. The molecule has 2 N–H and O–H groups in total. The number of pyridine rings is 1. The van der Waals surface area contributed by atoms with Crippen LogP contribution in [0.15, 0.2) is 61.1 Å². The normalized spacial score (nSPS) is 14.4. The molecule has 164 valence electrons. The lowest BCUT2D eigenvalue weighted by Gasteiger charge is -2.23. The smallest absolute Gasteiger partial charge is 0.232 e. The van der Waals surface area contributed by atoms with E-state index in [1.165, 1.54) is 19.3 Å². The van der Waals surface area contributed by atoms with Gasteiger partial charge in [-0.15, -0.1) is 0 Å². The lowest BCUT2D eigenvalue weighted by atomic mass is 9.95. The highest BCUT2D eigenvalue weighted by atomic mass is 16.5. The second-order valence-electron chi connectivity index (χ2n) is 7.94. The van der Waals surface area contributed by atoms with E-state index in [0.717, 1.165) is 29.8 Å². The van der Waals surface area contributed by atoms with E-state index in [2.05, 4.69) is 25.2 Å². The Morgan fingerprint density at radius 2 is 1.78 bits per heavy atom. The Hall–Kier alpha value is -3.68. The number of hydrogen-bond donors (Lipinski definition) is 2. The van der Waals surface area contributed by atoms with Crippen molar-refractivity contribution in [3.63, 3.8) is 0 Å². The van der Waals surface area contributed by atoms with Crippen LogP contribution >= 0.6 is 0 Å². The monoisotopic (exact) mass is 429 g/mol. The maximum Gasteiger partial charge on any atom is 0.232 e. The third-order valence-electron chi connectivity index (χ3n) is 5.70. The van der Waals surface area contributed by atoms with Gasteiger partial charge in [0.25, 0.3) is 0 Å². The zero-order valence-corrected chi connectivity index (χ0v) is 17.9. The third-order valence-corrected chi connectivity index (χ3v) is 5.70. The van der Waals surface area contributed by atoms with Crippen molar-refractivity contribution in [2.45, 2.75) is 38.1 Å². The molecule has 0 unspecified atom stereocenters. The summed E-state index contributed by atoms with van der Waals surface area (Å²) in [6.07, 6.45) is 9.77. The van der Waals surface area contributed by atoms with Gasteiger partial charge in [0, 0.05) is 12.2 Å². The van der Waals surface area contributed by atoms with E-state index in [4.69, 9.17) is 14.7 Å². The van der Waals surface area contributed by atoms with Gasteiger partial charge in [-0.05, 0) is 37.1 Å². The van der Waals surface area contributed by atoms with Crippen molar-refractivity contribution in [2.24, 2.45) is 0 Å². The largest absolute Gasteiger partial charge is 0.492 e. The molecule has 3 aromatic heterocycles. The van der Waals surface area contributed by atoms with E-state index < -0.39 is 0 Å². The number of benzene rings is 1. The molecule has 0 aliphatic heterocycles. The molecule has 1 aliphatic rings. The topological polar surface area (TPSA) is 89.8 Å². The zero-order valence-electron chi connectivity index (χ0n) is 17.9. The molecule has 1 fully saturated rings. The average molecular weight is 430 g/mol.